The standard InChI is InChI=1S/C43H43NO5/c1-31-22-23-36-37(25-44-38(36)24-31)40-42(47-28-34-18-10-4-11-19-34)43(48-29-35-20-12-5-13-21-35)41(46-27-33-16-8-3-9-17-33)39(49-40)30-45-26-32-14-6-2-7-15-32/h2-25,39-44H,26-30H2,1H3/t39-,40+,41-,42+,43+/m1/s1. The molecule has 6 heteroatoms. The van der Waals surface area contributed by atoms with Crippen LogP contribution in [0.25, 0.3) is 10.9 Å². The lowest BCUT2D eigenvalue weighted by Crippen LogP contribution is -2.58. The van der Waals surface area contributed by atoms with Crippen molar-refractivity contribution >= 4 is 10.9 Å². The van der Waals surface area contributed by atoms with Gasteiger partial charge in [-0.05, 0) is 40.8 Å². The van der Waals surface area contributed by atoms with E-state index in [1.807, 2.05) is 72.8 Å². The van der Waals surface area contributed by atoms with E-state index in [1.165, 1.54) is 5.56 Å². The number of fused-ring (bicyclic) bond motifs is 1. The fourth-order valence-corrected chi connectivity index (χ4v) is 6.54. The largest absolute Gasteiger partial charge is 0.374 e. The highest BCUT2D eigenvalue weighted by Gasteiger charge is 2.49. The van der Waals surface area contributed by atoms with Gasteiger partial charge in [0.25, 0.3) is 0 Å². The predicted octanol–water partition coefficient (Wildman–Crippen LogP) is 8.89. The monoisotopic (exact) mass is 653 g/mol. The lowest BCUT2D eigenvalue weighted by atomic mass is 9.90. The third-order valence-electron chi connectivity index (χ3n) is 9.06. The Labute approximate surface area is 288 Å². The van der Waals surface area contributed by atoms with Gasteiger partial charge in [0.2, 0.25) is 0 Å². The van der Waals surface area contributed by atoms with Crippen LogP contribution in [0.5, 0.6) is 0 Å². The molecule has 0 aliphatic carbocycles. The van der Waals surface area contributed by atoms with Crippen LogP contribution in [0, 0.1) is 6.92 Å². The maximum Gasteiger partial charge on any atom is 0.117 e. The van der Waals surface area contributed by atoms with Crippen molar-refractivity contribution in [3.05, 3.63) is 179 Å². The molecule has 1 N–H and O–H groups in total. The molecule has 0 bridgehead atoms. The van der Waals surface area contributed by atoms with Crippen LogP contribution in [0.4, 0.5) is 0 Å². The molecule has 5 aromatic carbocycles. The summed E-state index contributed by atoms with van der Waals surface area (Å²) in [5, 5.41) is 1.10. The molecule has 1 aliphatic rings. The number of aromatic nitrogens is 1. The highest BCUT2D eigenvalue weighted by Crippen LogP contribution is 2.41. The fraction of sp³-hybridized carbons (Fsp3) is 0.256. The molecule has 6 aromatic rings. The summed E-state index contributed by atoms with van der Waals surface area (Å²) in [6.07, 6.45) is -0.297. The van der Waals surface area contributed by atoms with Gasteiger partial charge < -0.3 is 28.7 Å². The lowest BCUT2D eigenvalue weighted by molar-refractivity contribution is -0.274. The molecule has 1 fully saturated rings. The van der Waals surface area contributed by atoms with Crippen molar-refractivity contribution in [2.45, 2.75) is 63.9 Å². The van der Waals surface area contributed by atoms with Gasteiger partial charge in [0.1, 0.15) is 30.5 Å². The average Bonchev–Trinajstić information content (AvgIpc) is 3.57. The van der Waals surface area contributed by atoms with Gasteiger partial charge in [-0.3, -0.25) is 0 Å². The molecule has 0 unspecified atom stereocenters. The van der Waals surface area contributed by atoms with Crippen molar-refractivity contribution in [3.63, 3.8) is 0 Å². The number of aryl methyl sites for hydroxylation is 1. The van der Waals surface area contributed by atoms with Crippen molar-refractivity contribution in [2.24, 2.45) is 0 Å². The van der Waals surface area contributed by atoms with E-state index in [9.17, 15) is 0 Å². The molecular weight excluding hydrogens is 610 g/mol. The number of benzene rings is 5. The SMILES string of the molecule is Cc1ccc2c([C@@H]3O[C@H](COCc4ccccc4)[C@@H](OCc4ccccc4)[C@H](OCc4ccccc4)[C@H]3OCc3ccccc3)c[nH]c2c1. The minimum atomic E-state index is -0.490. The van der Waals surface area contributed by atoms with E-state index in [1.54, 1.807) is 0 Å². The third kappa shape index (κ3) is 8.36. The van der Waals surface area contributed by atoms with Crippen LogP contribution >= 0.6 is 0 Å². The van der Waals surface area contributed by atoms with E-state index in [2.05, 4.69) is 84.8 Å². The first-order chi connectivity index (χ1) is 24.2. The maximum absolute atomic E-state index is 7.12. The van der Waals surface area contributed by atoms with Gasteiger partial charge >= 0.3 is 0 Å². The summed E-state index contributed by atoms with van der Waals surface area (Å²) >= 11 is 0. The van der Waals surface area contributed by atoms with Crippen molar-refractivity contribution < 1.29 is 23.7 Å². The van der Waals surface area contributed by atoms with E-state index in [0.717, 1.165) is 38.7 Å². The molecule has 1 aliphatic heterocycles. The zero-order valence-corrected chi connectivity index (χ0v) is 27.8. The number of H-pyrrole nitrogens is 1. The minimum Gasteiger partial charge on any atom is -0.374 e. The quantitative estimate of drug-likeness (QED) is 0.127. The number of hydrogen-bond acceptors (Lipinski definition) is 5. The van der Waals surface area contributed by atoms with E-state index in [4.69, 9.17) is 23.7 Å². The Morgan fingerprint density at radius 2 is 1.04 bits per heavy atom. The summed E-state index contributed by atoms with van der Waals surface area (Å²) in [6, 6.07) is 47.4. The van der Waals surface area contributed by atoms with E-state index >= 15 is 0 Å². The number of aromatic amines is 1. The number of ether oxygens (including phenoxy) is 5. The number of rotatable bonds is 14. The minimum absolute atomic E-state index is 0.322. The Hall–Kier alpha value is -4.56. The highest BCUT2D eigenvalue weighted by molar-refractivity contribution is 5.84. The summed E-state index contributed by atoms with van der Waals surface area (Å²) in [4.78, 5) is 3.49. The van der Waals surface area contributed by atoms with Gasteiger partial charge in [-0.1, -0.05) is 133 Å². The zero-order valence-electron chi connectivity index (χ0n) is 27.8. The summed E-state index contributed by atoms with van der Waals surface area (Å²) in [7, 11) is 0. The van der Waals surface area contributed by atoms with E-state index in [0.29, 0.717) is 33.0 Å². The Morgan fingerprint density at radius 3 is 1.59 bits per heavy atom. The van der Waals surface area contributed by atoms with Gasteiger partial charge in [-0.2, -0.15) is 0 Å². The normalized spacial score (nSPS) is 20.8. The van der Waals surface area contributed by atoms with Crippen molar-refractivity contribution in [2.75, 3.05) is 6.61 Å². The smallest absolute Gasteiger partial charge is 0.117 e. The van der Waals surface area contributed by atoms with Crippen molar-refractivity contribution in [3.8, 4) is 0 Å². The van der Waals surface area contributed by atoms with Crippen LogP contribution in [0.3, 0.4) is 0 Å². The zero-order chi connectivity index (χ0) is 33.3. The lowest BCUT2D eigenvalue weighted by Gasteiger charge is -2.46. The highest BCUT2D eigenvalue weighted by atomic mass is 16.6. The first kappa shape index (κ1) is 33.0. The van der Waals surface area contributed by atoms with Crippen LogP contribution in [0.1, 0.15) is 39.5 Å². The van der Waals surface area contributed by atoms with Crippen molar-refractivity contribution in [1.29, 1.82) is 0 Å². The predicted molar refractivity (Wildman–Crippen MR) is 192 cm³/mol. The van der Waals surface area contributed by atoms with Gasteiger partial charge in [0, 0.05) is 22.7 Å². The topological polar surface area (TPSA) is 61.9 Å². The molecule has 2 heterocycles. The molecule has 1 aromatic heterocycles. The first-order valence-corrected chi connectivity index (χ1v) is 17.0. The van der Waals surface area contributed by atoms with Crippen molar-refractivity contribution in [1.82, 2.24) is 4.98 Å². The molecule has 1 saturated heterocycles. The Bertz CT molecular complexity index is 1860. The van der Waals surface area contributed by atoms with Gasteiger partial charge in [0.15, 0.2) is 0 Å². The summed E-state index contributed by atoms with van der Waals surface area (Å²) < 4.78 is 34.1. The summed E-state index contributed by atoms with van der Waals surface area (Å²) in [6.45, 7) is 4.09. The maximum atomic E-state index is 7.12. The summed E-state index contributed by atoms with van der Waals surface area (Å²) in [5.41, 5.74) is 7.60. The second-order valence-electron chi connectivity index (χ2n) is 12.7. The molecule has 5 atom stereocenters. The molecule has 0 spiro atoms. The second kappa shape index (κ2) is 16.2. The van der Waals surface area contributed by atoms with Crippen LogP contribution < -0.4 is 0 Å². The summed E-state index contributed by atoms with van der Waals surface area (Å²) in [5.74, 6) is 0. The van der Waals surface area contributed by atoms with Crippen LogP contribution in [-0.2, 0) is 50.1 Å². The van der Waals surface area contributed by atoms with E-state index < -0.39 is 30.5 Å². The van der Waals surface area contributed by atoms with Crippen LogP contribution in [0.2, 0.25) is 0 Å². The Balaban J connectivity index is 1.26. The van der Waals surface area contributed by atoms with Crippen LogP contribution in [0.15, 0.2) is 146 Å². The van der Waals surface area contributed by atoms with Crippen LogP contribution in [-0.4, -0.2) is 36.0 Å². The Morgan fingerprint density at radius 1 is 0.551 bits per heavy atom. The molecule has 0 saturated carbocycles. The Kier molecular flexibility index (Phi) is 10.9. The molecule has 49 heavy (non-hydrogen) atoms. The first-order valence-electron chi connectivity index (χ1n) is 17.0. The number of nitrogens with one attached hydrogen (secondary N) is 1. The van der Waals surface area contributed by atoms with E-state index in [-0.39, 0.29) is 0 Å². The molecule has 0 amide bonds. The third-order valence-corrected chi connectivity index (χ3v) is 9.06. The molecule has 250 valence electrons. The van der Waals surface area contributed by atoms with Gasteiger partial charge in [0.05, 0.1) is 33.0 Å². The van der Waals surface area contributed by atoms with Gasteiger partial charge in [-0.25, -0.2) is 0 Å². The fourth-order valence-electron chi connectivity index (χ4n) is 6.54. The molecule has 0 radical (unpaired) electrons. The molecule has 6 nitrogen and oxygen atoms in total. The second-order valence-corrected chi connectivity index (χ2v) is 12.7. The van der Waals surface area contributed by atoms with Gasteiger partial charge in [-0.15, -0.1) is 0 Å². The molecular formula is C43H43NO5. The average molecular weight is 654 g/mol. The molecule has 7 rings (SSSR count). The number of hydrogen-bond donors (Lipinski definition) is 1.